The van der Waals surface area contributed by atoms with Crippen LogP contribution in [0.1, 0.15) is 75.7 Å². The van der Waals surface area contributed by atoms with Crippen LogP contribution in [-0.2, 0) is 0 Å². The number of hydrogen-bond acceptors (Lipinski definition) is 0. The molecular formula is C22H29F3. The molecule has 138 valence electrons. The molecule has 3 rings (SSSR count). The summed E-state index contributed by atoms with van der Waals surface area (Å²) in [7, 11) is 0. The zero-order valence-corrected chi connectivity index (χ0v) is 14.9. The average Bonchev–Trinajstić information content (AvgIpc) is 2.65. The number of rotatable bonds is 5. The van der Waals surface area contributed by atoms with E-state index in [0.29, 0.717) is 12.2 Å². The van der Waals surface area contributed by atoms with E-state index in [4.69, 9.17) is 0 Å². The van der Waals surface area contributed by atoms with Gasteiger partial charge >= 0.3 is 0 Å². The van der Waals surface area contributed by atoms with Gasteiger partial charge in [-0.15, -0.1) is 0 Å². The van der Waals surface area contributed by atoms with Crippen LogP contribution < -0.4 is 0 Å². The van der Waals surface area contributed by atoms with Crippen molar-refractivity contribution in [1.82, 2.24) is 0 Å². The van der Waals surface area contributed by atoms with Crippen LogP contribution in [0.3, 0.4) is 0 Å². The second kappa shape index (κ2) is 8.91. The molecular weight excluding hydrogens is 321 g/mol. The maximum absolute atomic E-state index is 13.4. The summed E-state index contributed by atoms with van der Waals surface area (Å²) >= 11 is 0. The summed E-state index contributed by atoms with van der Waals surface area (Å²) in [6.07, 6.45) is 14.1. The molecule has 0 bridgehead atoms. The van der Waals surface area contributed by atoms with Crippen LogP contribution in [0, 0.1) is 29.4 Å². The van der Waals surface area contributed by atoms with E-state index >= 15 is 0 Å². The molecule has 2 fully saturated rings. The van der Waals surface area contributed by atoms with Crippen molar-refractivity contribution in [3.05, 3.63) is 47.8 Å². The summed E-state index contributed by atoms with van der Waals surface area (Å²) in [6.45, 7) is 0. The standard InChI is InChI=1S/C22H29F3/c23-14-2-1-3-16-4-6-17(7-5-16)18-8-10-19(11-9-18)20-12-13-21(24)22(25)15-20/h2,12-19H,1,3-11H2. The lowest BCUT2D eigenvalue weighted by Gasteiger charge is -2.38. The van der Waals surface area contributed by atoms with E-state index in [0.717, 1.165) is 49.0 Å². The third-order valence-corrected chi connectivity index (χ3v) is 6.58. The van der Waals surface area contributed by atoms with Gasteiger partial charge in [-0.3, -0.25) is 0 Å². The Bertz CT molecular complexity index is 565. The number of allylic oxidation sites excluding steroid dienone is 1. The molecule has 2 saturated carbocycles. The minimum Gasteiger partial charge on any atom is -0.216 e. The van der Waals surface area contributed by atoms with E-state index in [2.05, 4.69) is 0 Å². The summed E-state index contributed by atoms with van der Waals surface area (Å²) in [4.78, 5) is 0. The first-order valence-electron chi connectivity index (χ1n) is 9.87. The molecule has 1 aromatic rings. The molecule has 0 radical (unpaired) electrons. The zero-order chi connectivity index (χ0) is 17.6. The van der Waals surface area contributed by atoms with E-state index < -0.39 is 11.6 Å². The van der Waals surface area contributed by atoms with E-state index in [1.165, 1.54) is 50.7 Å². The normalized spacial score (nSPS) is 30.7. The summed E-state index contributed by atoms with van der Waals surface area (Å²) in [6, 6.07) is 4.40. The highest BCUT2D eigenvalue weighted by Crippen LogP contribution is 2.44. The van der Waals surface area contributed by atoms with Gasteiger partial charge in [0.15, 0.2) is 11.6 Å². The fraction of sp³-hybridized carbons (Fsp3) is 0.636. The highest BCUT2D eigenvalue weighted by atomic mass is 19.2. The summed E-state index contributed by atoms with van der Waals surface area (Å²) in [5.74, 6) is 1.31. The van der Waals surface area contributed by atoms with Gasteiger partial charge in [0.05, 0.1) is 6.33 Å². The predicted octanol–water partition coefficient (Wildman–Crippen LogP) is 7.31. The van der Waals surface area contributed by atoms with E-state index in [-0.39, 0.29) is 0 Å². The van der Waals surface area contributed by atoms with E-state index in [1.54, 1.807) is 12.1 Å². The first-order chi connectivity index (χ1) is 12.2. The molecule has 25 heavy (non-hydrogen) atoms. The predicted molar refractivity (Wildman–Crippen MR) is 96.0 cm³/mol. The van der Waals surface area contributed by atoms with Crippen LogP contribution in [-0.4, -0.2) is 0 Å². The highest BCUT2D eigenvalue weighted by molar-refractivity contribution is 5.22. The van der Waals surface area contributed by atoms with Gasteiger partial charge in [-0.25, -0.2) is 13.2 Å². The van der Waals surface area contributed by atoms with E-state index in [9.17, 15) is 13.2 Å². The zero-order valence-electron chi connectivity index (χ0n) is 14.9. The van der Waals surface area contributed by atoms with Crippen molar-refractivity contribution in [1.29, 1.82) is 0 Å². The van der Waals surface area contributed by atoms with Crippen LogP contribution in [0.2, 0.25) is 0 Å². The summed E-state index contributed by atoms with van der Waals surface area (Å²) in [5, 5.41) is 0. The molecule has 0 spiro atoms. The lowest BCUT2D eigenvalue weighted by Crippen LogP contribution is -2.25. The first kappa shape index (κ1) is 18.5. The van der Waals surface area contributed by atoms with Crippen LogP contribution in [0.15, 0.2) is 30.6 Å². The van der Waals surface area contributed by atoms with Crippen molar-refractivity contribution in [3.63, 3.8) is 0 Å². The largest absolute Gasteiger partial charge is 0.216 e. The Morgan fingerprint density at radius 3 is 2.08 bits per heavy atom. The quantitative estimate of drug-likeness (QED) is 0.522. The van der Waals surface area contributed by atoms with Crippen LogP contribution in [0.25, 0.3) is 0 Å². The van der Waals surface area contributed by atoms with Crippen LogP contribution >= 0.6 is 0 Å². The number of halogens is 3. The Hall–Kier alpha value is -1.25. The first-order valence-corrected chi connectivity index (χ1v) is 9.87. The molecule has 1 aromatic carbocycles. The smallest absolute Gasteiger partial charge is 0.159 e. The monoisotopic (exact) mass is 350 g/mol. The minimum atomic E-state index is -0.754. The molecule has 0 heterocycles. The second-order valence-corrected chi connectivity index (χ2v) is 8.01. The van der Waals surface area contributed by atoms with Gasteiger partial charge in [-0.05, 0) is 92.7 Å². The molecule has 2 aliphatic rings. The Morgan fingerprint density at radius 1 is 0.840 bits per heavy atom. The van der Waals surface area contributed by atoms with Crippen molar-refractivity contribution in [2.24, 2.45) is 17.8 Å². The fourth-order valence-corrected chi connectivity index (χ4v) is 5.03. The molecule has 0 aliphatic heterocycles. The van der Waals surface area contributed by atoms with Gasteiger partial charge in [0.1, 0.15) is 0 Å². The van der Waals surface area contributed by atoms with Gasteiger partial charge in [0, 0.05) is 0 Å². The SMILES string of the molecule is FC=CCCC1CCC(C2CCC(c3ccc(F)c(F)c3)CC2)CC1. The molecule has 0 atom stereocenters. The molecule has 0 nitrogen and oxygen atoms in total. The molecule has 0 aromatic heterocycles. The topological polar surface area (TPSA) is 0 Å². The molecule has 0 N–H and O–H groups in total. The lowest BCUT2D eigenvalue weighted by atomic mass is 9.68. The molecule has 0 saturated heterocycles. The van der Waals surface area contributed by atoms with Crippen LogP contribution in [0.5, 0.6) is 0 Å². The third kappa shape index (κ3) is 4.89. The van der Waals surface area contributed by atoms with Crippen molar-refractivity contribution in [3.8, 4) is 0 Å². The van der Waals surface area contributed by atoms with Gasteiger partial charge in [-0.1, -0.05) is 25.0 Å². The van der Waals surface area contributed by atoms with Crippen molar-refractivity contribution in [2.45, 2.75) is 70.1 Å². The van der Waals surface area contributed by atoms with Gasteiger partial charge in [0.25, 0.3) is 0 Å². The number of benzene rings is 1. The van der Waals surface area contributed by atoms with Gasteiger partial charge < -0.3 is 0 Å². The summed E-state index contributed by atoms with van der Waals surface area (Å²) in [5.41, 5.74) is 0.960. The Morgan fingerprint density at radius 2 is 1.48 bits per heavy atom. The fourth-order valence-electron chi connectivity index (χ4n) is 5.03. The molecule has 0 amide bonds. The summed E-state index contributed by atoms with van der Waals surface area (Å²) < 4.78 is 38.6. The third-order valence-electron chi connectivity index (χ3n) is 6.58. The lowest BCUT2D eigenvalue weighted by molar-refractivity contribution is 0.157. The molecule has 2 aliphatic carbocycles. The Kier molecular flexibility index (Phi) is 6.61. The van der Waals surface area contributed by atoms with Crippen molar-refractivity contribution in [2.75, 3.05) is 0 Å². The highest BCUT2D eigenvalue weighted by Gasteiger charge is 2.31. The van der Waals surface area contributed by atoms with Crippen molar-refractivity contribution >= 4 is 0 Å². The maximum atomic E-state index is 13.4. The Balaban J connectivity index is 1.44. The minimum absolute atomic E-state index is 0.384. The average molecular weight is 350 g/mol. The maximum Gasteiger partial charge on any atom is 0.159 e. The Labute approximate surface area is 149 Å². The number of hydrogen-bond donors (Lipinski definition) is 0. The van der Waals surface area contributed by atoms with Crippen molar-refractivity contribution < 1.29 is 13.2 Å². The van der Waals surface area contributed by atoms with Gasteiger partial charge in [-0.2, -0.15) is 0 Å². The molecule has 0 unspecified atom stereocenters. The van der Waals surface area contributed by atoms with Crippen LogP contribution in [0.4, 0.5) is 13.2 Å². The van der Waals surface area contributed by atoms with Gasteiger partial charge in [0.2, 0.25) is 0 Å². The second-order valence-electron chi connectivity index (χ2n) is 8.01. The molecule has 3 heteroatoms. The van der Waals surface area contributed by atoms with E-state index in [1.807, 2.05) is 0 Å².